The standard InChI is InChI=1S/C11H16ClNO2/c1-8-6-11(15-3)9(12)7-10(8)13-4-5-14-2/h6-7,13H,4-5H2,1-3H3. The van der Waals surface area contributed by atoms with E-state index in [1.54, 1.807) is 14.2 Å². The van der Waals surface area contributed by atoms with Gasteiger partial charge in [-0.25, -0.2) is 0 Å². The Labute approximate surface area is 95.3 Å². The zero-order valence-corrected chi connectivity index (χ0v) is 10.0. The van der Waals surface area contributed by atoms with Crippen LogP contribution in [0.25, 0.3) is 0 Å². The lowest BCUT2D eigenvalue weighted by Crippen LogP contribution is -2.08. The van der Waals surface area contributed by atoms with Crippen molar-refractivity contribution in [2.75, 3.05) is 32.7 Å². The molecule has 0 heterocycles. The molecule has 0 fully saturated rings. The summed E-state index contributed by atoms with van der Waals surface area (Å²) in [5.74, 6) is 0.700. The number of ether oxygens (including phenoxy) is 2. The van der Waals surface area contributed by atoms with E-state index < -0.39 is 0 Å². The maximum Gasteiger partial charge on any atom is 0.137 e. The van der Waals surface area contributed by atoms with Gasteiger partial charge in [-0.3, -0.25) is 0 Å². The van der Waals surface area contributed by atoms with Gasteiger partial charge in [-0.05, 0) is 24.6 Å². The minimum atomic E-state index is 0.614. The second-order valence-electron chi connectivity index (χ2n) is 3.22. The molecule has 0 saturated heterocycles. The summed E-state index contributed by atoms with van der Waals surface area (Å²) in [6.07, 6.45) is 0. The van der Waals surface area contributed by atoms with Gasteiger partial charge in [0.2, 0.25) is 0 Å². The van der Waals surface area contributed by atoms with Gasteiger partial charge in [-0.15, -0.1) is 0 Å². The van der Waals surface area contributed by atoms with Gasteiger partial charge in [0.15, 0.2) is 0 Å². The first kappa shape index (κ1) is 12.1. The van der Waals surface area contributed by atoms with E-state index in [-0.39, 0.29) is 0 Å². The van der Waals surface area contributed by atoms with Crippen LogP contribution < -0.4 is 10.1 Å². The Kier molecular flexibility index (Phi) is 4.72. The van der Waals surface area contributed by atoms with Gasteiger partial charge in [0.25, 0.3) is 0 Å². The first-order valence-electron chi connectivity index (χ1n) is 4.76. The van der Waals surface area contributed by atoms with Crippen LogP contribution in [0.4, 0.5) is 5.69 Å². The number of halogens is 1. The van der Waals surface area contributed by atoms with Crippen molar-refractivity contribution < 1.29 is 9.47 Å². The lowest BCUT2D eigenvalue weighted by molar-refractivity contribution is 0.211. The smallest absolute Gasteiger partial charge is 0.137 e. The molecule has 0 aromatic heterocycles. The quantitative estimate of drug-likeness (QED) is 0.788. The normalized spacial score (nSPS) is 10.1. The van der Waals surface area contributed by atoms with E-state index in [2.05, 4.69) is 5.32 Å². The third-order valence-corrected chi connectivity index (χ3v) is 2.42. The van der Waals surface area contributed by atoms with Crippen LogP contribution in [0.1, 0.15) is 5.56 Å². The number of hydrogen-bond acceptors (Lipinski definition) is 3. The molecule has 1 aromatic rings. The molecule has 1 N–H and O–H groups in total. The van der Waals surface area contributed by atoms with E-state index >= 15 is 0 Å². The predicted octanol–water partition coefficient (Wildman–Crippen LogP) is 2.72. The zero-order chi connectivity index (χ0) is 11.3. The summed E-state index contributed by atoms with van der Waals surface area (Å²) in [4.78, 5) is 0. The van der Waals surface area contributed by atoms with E-state index in [1.165, 1.54) is 0 Å². The highest BCUT2D eigenvalue weighted by atomic mass is 35.5. The van der Waals surface area contributed by atoms with E-state index in [1.807, 2.05) is 19.1 Å². The van der Waals surface area contributed by atoms with Crippen LogP contribution in [0, 0.1) is 6.92 Å². The molecule has 0 aliphatic rings. The summed E-state index contributed by atoms with van der Waals surface area (Å²) in [5, 5.41) is 3.85. The highest BCUT2D eigenvalue weighted by Gasteiger charge is 2.05. The molecule has 15 heavy (non-hydrogen) atoms. The van der Waals surface area contributed by atoms with Crippen LogP contribution in [0.3, 0.4) is 0 Å². The van der Waals surface area contributed by atoms with Crippen molar-refractivity contribution in [2.24, 2.45) is 0 Å². The topological polar surface area (TPSA) is 30.5 Å². The number of anilines is 1. The van der Waals surface area contributed by atoms with Gasteiger partial charge >= 0.3 is 0 Å². The van der Waals surface area contributed by atoms with Gasteiger partial charge in [-0.1, -0.05) is 11.6 Å². The highest BCUT2D eigenvalue weighted by molar-refractivity contribution is 6.32. The maximum atomic E-state index is 6.02. The summed E-state index contributed by atoms with van der Waals surface area (Å²) < 4.78 is 10.1. The van der Waals surface area contributed by atoms with Gasteiger partial charge in [0, 0.05) is 19.3 Å². The molecule has 1 aromatic carbocycles. The molecule has 0 radical (unpaired) electrons. The summed E-state index contributed by atoms with van der Waals surface area (Å²) in [7, 11) is 3.29. The molecule has 0 spiro atoms. The third-order valence-electron chi connectivity index (χ3n) is 2.12. The van der Waals surface area contributed by atoms with Gasteiger partial charge in [-0.2, -0.15) is 0 Å². The Hall–Kier alpha value is -0.930. The zero-order valence-electron chi connectivity index (χ0n) is 9.26. The second-order valence-corrected chi connectivity index (χ2v) is 3.63. The summed E-state index contributed by atoms with van der Waals surface area (Å²) in [6, 6.07) is 3.78. The lowest BCUT2D eigenvalue weighted by Gasteiger charge is -2.11. The lowest BCUT2D eigenvalue weighted by atomic mass is 10.2. The minimum absolute atomic E-state index is 0.614. The Morgan fingerprint density at radius 1 is 1.33 bits per heavy atom. The van der Waals surface area contributed by atoms with Gasteiger partial charge < -0.3 is 14.8 Å². The van der Waals surface area contributed by atoms with Crippen molar-refractivity contribution in [3.8, 4) is 5.75 Å². The van der Waals surface area contributed by atoms with Crippen molar-refractivity contribution >= 4 is 17.3 Å². The van der Waals surface area contributed by atoms with Crippen LogP contribution in [-0.2, 0) is 4.74 Å². The third kappa shape index (κ3) is 3.29. The van der Waals surface area contributed by atoms with Crippen molar-refractivity contribution in [1.29, 1.82) is 0 Å². The number of aryl methyl sites for hydroxylation is 1. The molecule has 0 unspecified atom stereocenters. The van der Waals surface area contributed by atoms with Crippen LogP contribution in [0.2, 0.25) is 5.02 Å². The van der Waals surface area contributed by atoms with E-state index in [9.17, 15) is 0 Å². The number of methoxy groups -OCH3 is 2. The number of nitrogens with one attached hydrogen (secondary N) is 1. The van der Waals surface area contributed by atoms with Crippen LogP contribution >= 0.6 is 11.6 Å². The summed E-state index contributed by atoms with van der Waals surface area (Å²) in [5.41, 5.74) is 2.12. The molecule has 4 heteroatoms. The molecule has 3 nitrogen and oxygen atoms in total. The van der Waals surface area contributed by atoms with Crippen LogP contribution in [-0.4, -0.2) is 27.4 Å². The number of rotatable bonds is 5. The number of hydrogen-bond donors (Lipinski definition) is 1. The molecular formula is C11H16ClNO2. The number of benzene rings is 1. The predicted molar refractivity (Wildman–Crippen MR) is 63.1 cm³/mol. The van der Waals surface area contributed by atoms with Crippen molar-refractivity contribution in [1.82, 2.24) is 0 Å². The first-order valence-corrected chi connectivity index (χ1v) is 5.13. The molecule has 1 rings (SSSR count). The fourth-order valence-corrected chi connectivity index (χ4v) is 1.53. The van der Waals surface area contributed by atoms with Gasteiger partial charge in [0.1, 0.15) is 5.75 Å². The highest BCUT2D eigenvalue weighted by Crippen LogP contribution is 2.30. The monoisotopic (exact) mass is 229 g/mol. The first-order chi connectivity index (χ1) is 7.19. The molecular weight excluding hydrogens is 214 g/mol. The summed E-state index contributed by atoms with van der Waals surface area (Å²) >= 11 is 6.02. The van der Waals surface area contributed by atoms with Crippen LogP contribution in [0.5, 0.6) is 5.75 Å². The largest absolute Gasteiger partial charge is 0.495 e. The average Bonchev–Trinajstić information content (AvgIpc) is 2.23. The van der Waals surface area contributed by atoms with Crippen molar-refractivity contribution in [2.45, 2.75) is 6.92 Å². The Bertz CT molecular complexity index is 329. The average molecular weight is 230 g/mol. The Morgan fingerprint density at radius 2 is 2.07 bits per heavy atom. The van der Waals surface area contributed by atoms with E-state index in [0.29, 0.717) is 17.4 Å². The van der Waals surface area contributed by atoms with Crippen molar-refractivity contribution in [3.63, 3.8) is 0 Å². The SMILES string of the molecule is COCCNc1cc(Cl)c(OC)cc1C. The van der Waals surface area contributed by atoms with Gasteiger partial charge in [0.05, 0.1) is 18.7 Å². The Balaban J connectivity index is 2.76. The van der Waals surface area contributed by atoms with Crippen molar-refractivity contribution in [3.05, 3.63) is 22.7 Å². The summed E-state index contributed by atoms with van der Waals surface area (Å²) in [6.45, 7) is 3.44. The second kappa shape index (κ2) is 5.83. The fraction of sp³-hybridized carbons (Fsp3) is 0.455. The molecule has 0 atom stereocenters. The fourth-order valence-electron chi connectivity index (χ4n) is 1.29. The van der Waals surface area contributed by atoms with E-state index in [4.69, 9.17) is 21.1 Å². The van der Waals surface area contributed by atoms with Crippen LogP contribution in [0.15, 0.2) is 12.1 Å². The molecule has 0 amide bonds. The molecule has 0 aliphatic heterocycles. The molecule has 0 bridgehead atoms. The Morgan fingerprint density at radius 3 is 2.67 bits per heavy atom. The molecule has 84 valence electrons. The minimum Gasteiger partial charge on any atom is -0.495 e. The maximum absolute atomic E-state index is 6.02. The van der Waals surface area contributed by atoms with E-state index in [0.717, 1.165) is 17.8 Å². The molecule has 0 saturated carbocycles. The molecule has 0 aliphatic carbocycles.